The summed E-state index contributed by atoms with van der Waals surface area (Å²) in [4.78, 5) is 46.9. The van der Waals surface area contributed by atoms with Gasteiger partial charge in [-0.2, -0.15) is 18.4 Å². The summed E-state index contributed by atoms with van der Waals surface area (Å²) in [6.07, 6.45) is -2.60. The number of carbonyl (C=O) groups excluding carboxylic acids is 2. The van der Waals surface area contributed by atoms with Crippen molar-refractivity contribution in [2.24, 2.45) is 0 Å². The van der Waals surface area contributed by atoms with Crippen molar-refractivity contribution in [2.75, 3.05) is 31.1 Å². The van der Waals surface area contributed by atoms with E-state index in [2.05, 4.69) is 9.82 Å². The van der Waals surface area contributed by atoms with Gasteiger partial charge < -0.3 is 9.88 Å². The Kier molecular flexibility index (Phi) is 8.04. The number of rotatable bonds is 5. The molecule has 4 heterocycles. The highest BCUT2D eigenvalue weighted by molar-refractivity contribution is 6.42. The number of alkyl halides is 3. The van der Waals surface area contributed by atoms with Crippen molar-refractivity contribution >= 4 is 46.4 Å². The molecule has 0 unspecified atom stereocenters. The number of carbonyl (C=O) groups is 2. The van der Waals surface area contributed by atoms with Gasteiger partial charge in [-0.25, -0.2) is 14.0 Å². The topological polar surface area (TPSA) is 115 Å². The Hall–Kier alpha value is -4.61. The third-order valence-corrected chi connectivity index (χ3v) is 7.52. The number of benzene rings is 1. The molecule has 0 radical (unpaired) electrons. The van der Waals surface area contributed by atoms with Gasteiger partial charge in [0.25, 0.3) is 11.5 Å². The number of aromatic amines is 1. The highest BCUT2D eigenvalue weighted by Gasteiger charge is 2.44. The van der Waals surface area contributed by atoms with E-state index in [1.807, 2.05) is 6.07 Å². The van der Waals surface area contributed by atoms with Crippen LogP contribution in [-0.4, -0.2) is 58.5 Å². The number of hydrogen-bond acceptors (Lipinski definition) is 6. The molecule has 1 aromatic carbocycles. The number of piperazine rings is 1. The maximum Gasteiger partial charge on any atom is 0.495 e. The van der Waals surface area contributed by atoms with Gasteiger partial charge in [-0.15, -0.1) is 0 Å². The van der Waals surface area contributed by atoms with Gasteiger partial charge in [0.05, 0.1) is 23.7 Å². The van der Waals surface area contributed by atoms with Crippen LogP contribution in [0.4, 0.5) is 23.4 Å². The highest BCUT2D eigenvalue weighted by Crippen LogP contribution is 2.27. The number of anilines is 1. The lowest BCUT2D eigenvalue weighted by molar-refractivity contribution is -0.860. The molecule has 0 spiro atoms. The maximum atomic E-state index is 14.9. The van der Waals surface area contributed by atoms with Crippen molar-refractivity contribution < 1.29 is 36.7 Å². The lowest BCUT2D eigenvalue weighted by Crippen LogP contribution is -2.57. The Labute approximate surface area is 249 Å². The first-order valence-electron chi connectivity index (χ1n) is 12.5. The Morgan fingerprint density at radius 3 is 2.51 bits per heavy atom. The summed E-state index contributed by atoms with van der Waals surface area (Å²) < 4.78 is 55.3. The molecule has 1 saturated heterocycles. The fourth-order valence-electron chi connectivity index (χ4n) is 4.76. The Morgan fingerprint density at radius 2 is 1.84 bits per heavy atom. The zero-order chi connectivity index (χ0) is 31.1. The number of nitrogens with one attached hydrogen (secondary N) is 1. The lowest BCUT2D eigenvalue weighted by atomic mass is 10.0. The van der Waals surface area contributed by atoms with Crippen molar-refractivity contribution in [3.8, 4) is 6.07 Å². The predicted molar refractivity (Wildman–Crippen MR) is 144 cm³/mol. The summed E-state index contributed by atoms with van der Waals surface area (Å²) in [6.45, 7) is 0.121. The molecule has 16 heteroatoms. The van der Waals surface area contributed by atoms with Crippen molar-refractivity contribution in [3.05, 3.63) is 97.5 Å². The second-order valence-corrected chi connectivity index (χ2v) is 10.2. The second kappa shape index (κ2) is 11.6. The molecule has 10 nitrogen and oxygen atoms in total. The van der Waals surface area contributed by atoms with Crippen LogP contribution >= 0.6 is 23.2 Å². The average molecular weight is 638 g/mol. The minimum Gasteiger partial charge on any atom is -0.331 e. The molecule has 43 heavy (non-hydrogen) atoms. The van der Waals surface area contributed by atoms with Crippen LogP contribution in [0, 0.1) is 17.1 Å². The Balaban J connectivity index is 1.35. The van der Waals surface area contributed by atoms with Crippen LogP contribution in [0.2, 0.25) is 10.2 Å². The van der Waals surface area contributed by atoms with E-state index >= 15 is 0 Å². The predicted octanol–water partition coefficient (Wildman–Crippen LogP) is 3.30. The third-order valence-electron chi connectivity index (χ3n) is 6.77. The molecule has 0 aliphatic carbocycles. The van der Waals surface area contributed by atoms with E-state index in [-0.39, 0.29) is 65.2 Å². The number of H-pyrrole nitrogens is 1. The SMILES string of the molecule is N#Cc1ccc[n+](OC(=O)C(F)(F)F)c1N1CCN(C(=O)c2cc(Cc3c[nH]c(=O)c4cc(Cl)c(Cl)n34)ccc2F)CC1. The third kappa shape index (κ3) is 5.86. The van der Waals surface area contributed by atoms with E-state index in [9.17, 15) is 37.2 Å². The summed E-state index contributed by atoms with van der Waals surface area (Å²) in [5.74, 6) is -3.96. The van der Waals surface area contributed by atoms with Gasteiger partial charge in [0.15, 0.2) is 0 Å². The minimum absolute atomic E-state index is 0.0213. The van der Waals surface area contributed by atoms with Crippen LogP contribution in [-0.2, 0) is 11.2 Å². The normalized spacial score (nSPS) is 13.7. The van der Waals surface area contributed by atoms with Gasteiger partial charge in [-0.1, -0.05) is 29.3 Å². The molecule has 0 atom stereocenters. The first-order valence-corrected chi connectivity index (χ1v) is 13.3. The van der Waals surface area contributed by atoms with E-state index in [0.717, 1.165) is 12.3 Å². The molecular weight excluding hydrogens is 619 g/mol. The minimum atomic E-state index is -5.26. The standard InChI is InChI=1S/C27H18Cl2F4N6O4/c28-19-12-21-23(40)35-14-17(39(21)22(19)29)10-15-3-4-20(30)18(11-15)25(41)37-8-6-36(7-9-37)24-16(13-34)2-1-5-38(24)43-26(42)27(31,32)33/h1-5,11-12,14H,6-10H2/p+1. The number of fused-ring (bicyclic) bond motifs is 1. The van der Waals surface area contributed by atoms with Gasteiger partial charge in [-0.3, -0.25) is 18.9 Å². The second-order valence-electron chi connectivity index (χ2n) is 9.44. The molecular formula is C27H19Cl2F4N6O4+. The monoisotopic (exact) mass is 637 g/mol. The van der Waals surface area contributed by atoms with Crippen LogP contribution < -0.4 is 20.0 Å². The smallest absolute Gasteiger partial charge is 0.331 e. The van der Waals surface area contributed by atoms with Gasteiger partial charge in [-0.05, 0) is 40.6 Å². The van der Waals surface area contributed by atoms with Crippen molar-refractivity contribution in [1.29, 1.82) is 5.26 Å². The van der Waals surface area contributed by atoms with Gasteiger partial charge in [0.2, 0.25) is 0 Å². The summed E-state index contributed by atoms with van der Waals surface area (Å²) >= 11 is 12.4. The molecule has 1 aliphatic heterocycles. The Morgan fingerprint density at radius 1 is 1.12 bits per heavy atom. The van der Waals surface area contributed by atoms with Crippen LogP contribution in [0.3, 0.4) is 0 Å². The number of aromatic nitrogens is 3. The largest absolute Gasteiger partial charge is 0.495 e. The van der Waals surface area contributed by atoms with Crippen LogP contribution in [0.25, 0.3) is 5.52 Å². The van der Waals surface area contributed by atoms with Gasteiger partial charge >= 0.3 is 18.0 Å². The van der Waals surface area contributed by atoms with E-state index < -0.39 is 29.4 Å². The van der Waals surface area contributed by atoms with E-state index in [1.54, 1.807) is 0 Å². The molecule has 1 amide bonds. The first kappa shape index (κ1) is 29.9. The van der Waals surface area contributed by atoms with Crippen LogP contribution in [0.15, 0.2) is 53.6 Å². The molecule has 0 bridgehead atoms. The van der Waals surface area contributed by atoms with Crippen LogP contribution in [0.5, 0.6) is 0 Å². The number of pyridine rings is 1. The average Bonchev–Trinajstić information content (AvgIpc) is 3.29. The number of hydrogen-bond donors (Lipinski definition) is 1. The quantitative estimate of drug-likeness (QED) is 0.265. The zero-order valence-corrected chi connectivity index (χ0v) is 23.3. The zero-order valence-electron chi connectivity index (χ0n) is 21.8. The summed E-state index contributed by atoms with van der Waals surface area (Å²) in [5.41, 5.74) is 0.601. The van der Waals surface area contributed by atoms with E-state index in [4.69, 9.17) is 23.2 Å². The summed E-state index contributed by atoms with van der Waals surface area (Å²) in [6, 6.07) is 9.88. The molecule has 1 aliphatic rings. The molecule has 4 aromatic rings. The number of nitriles is 1. The number of amides is 1. The first-order chi connectivity index (χ1) is 20.4. The fourth-order valence-corrected chi connectivity index (χ4v) is 5.20. The van der Waals surface area contributed by atoms with E-state index in [0.29, 0.717) is 16.0 Å². The lowest BCUT2D eigenvalue weighted by Gasteiger charge is -2.31. The van der Waals surface area contributed by atoms with Crippen molar-refractivity contribution in [2.45, 2.75) is 12.6 Å². The van der Waals surface area contributed by atoms with Crippen LogP contribution in [0.1, 0.15) is 27.2 Å². The van der Waals surface area contributed by atoms with Crippen molar-refractivity contribution in [3.63, 3.8) is 0 Å². The summed E-state index contributed by atoms with van der Waals surface area (Å²) in [5, 5.41) is 9.82. The number of nitrogens with zero attached hydrogens (tertiary/aromatic N) is 5. The highest BCUT2D eigenvalue weighted by atomic mass is 35.5. The molecule has 222 valence electrons. The summed E-state index contributed by atoms with van der Waals surface area (Å²) in [7, 11) is 0. The fraction of sp³-hybridized carbons (Fsp3) is 0.222. The molecule has 5 rings (SSSR count). The molecule has 0 saturated carbocycles. The van der Waals surface area contributed by atoms with Gasteiger partial charge in [0, 0.05) is 18.3 Å². The number of halogens is 6. The van der Waals surface area contributed by atoms with Crippen molar-refractivity contribution in [1.82, 2.24) is 14.3 Å². The molecule has 1 N–H and O–H groups in total. The Bertz CT molecular complexity index is 1860. The van der Waals surface area contributed by atoms with Gasteiger partial charge in [0.1, 0.15) is 47.4 Å². The molecule has 1 fully saturated rings. The van der Waals surface area contributed by atoms with E-state index in [1.165, 1.54) is 50.7 Å². The molecule has 3 aromatic heterocycles. The maximum absolute atomic E-state index is 14.9.